The van der Waals surface area contributed by atoms with Crippen molar-refractivity contribution in [2.45, 2.75) is 6.92 Å². The fourth-order valence-electron chi connectivity index (χ4n) is 2.25. The van der Waals surface area contributed by atoms with Gasteiger partial charge < -0.3 is 15.7 Å². The highest BCUT2D eigenvalue weighted by Gasteiger charge is 2.10. The minimum atomic E-state index is -1.01. The highest BCUT2D eigenvalue weighted by Crippen LogP contribution is 2.24. The zero-order valence-electron chi connectivity index (χ0n) is 13.3. The van der Waals surface area contributed by atoms with E-state index in [2.05, 4.69) is 20.6 Å². The number of hydrogen-bond acceptors (Lipinski definition) is 5. The highest BCUT2D eigenvalue weighted by atomic mass is 35.5. The van der Waals surface area contributed by atoms with E-state index in [0.717, 1.165) is 11.3 Å². The van der Waals surface area contributed by atoms with Crippen molar-refractivity contribution in [2.24, 2.45) is 0 Å². The Bertz CT molecular complexity index is 930. The Morgan fingerprint density at radius 3 is 2.68 bits per heavy atom. The van der Waals surface area contributed by atoms with Crippen molar-refractivity contribution >= 4 is 40.7 Å². The van der Waals surface area contributed by atoms with Crippen LogP contribution in [0.15, 0.2) is 54.7 Å². The number of carboxylic acids is 1. The van der Waals surface area contributed by atoms with E-state index in [1.165, 1.54) is 6.07 Å². The van der Waals surface area contributed by atoms with Gasteiger partial charge in [-0.2, -0.15) is 4.98 Å². The van der Waals surface area contributed by atoms with E-state index in [1.807, 2.05) is 19.1 Å². The van der Waals surface area contributed by atoms with Crippen LogP contribution in [0.5, 0.6) is 0 Å². The molecule has 3 rings (SSSR count). The fraction of sp³-hybridized carbons (Fsp3) is 0.0556. The van der Waals surface area contributed by atoms with Gasteiger partial charge in [-0.1, -0.05) is 29.8 Å². The molecule has 0 aliphatic heterocycles. The van der Waals surface area contributed by atoms with Gasteiger partial charge in [-0.3, -0.25) is 0 Å². The van der Waals surface area contributed by atoms with Gasteiger partial charge in [0.1, 0.15) is 5.82 Å². The summed E-state index contributed by atoms with van der Waals surface area (Å²) in [7, 11) is 0. The summed E-state index contributed by atoms with van der Waals surface area (Å²) >= 11 is 6.02. The molecule has 1 heterocycles. The SMILES string of the molecule is Cc1ccc(Cl)cc1Nc1nccc(Nc2ccccc2C(=O)O)n1. The van der Waals surface area contributed by atoms with E-state index in [-0.39, 0.29) is 5.56 Å². The fourth-order valence-corrected chi connectivity index (χ4v) is 2.43. The Labute approximate surface area is 149 Å². The van der Waals surface area contributed by atoms with Crippen molar-refractivity contribution in [2.75, 3.05) is 10.6 Å². The quantitative estimate of drug-likeness (QED) is 0.619. The molecule has 25 heavy (non-hydrogen) atoms. The Balaban J connectivity index is 1.85. The maximum Gasteiger partial charge on any atom is 0.337 e. The maximum absolute atomic E-state index is 11.3. The molecular formula is C18H15ClN4O2. The van der Waals surface area contributed by atoms with E-state index in [1.54, 1.807) is 36.5 Å². The van der Waals surface area contributed by atoms with Gasteiger partial charge in [0, 0.05) is 16.9 Å². The zero-order valence-corrected chi connectivity index (χ0v) is 14.1. The first-order chi connectivity index (χ1) is 12.0. The largest absolute Gasteiger partial charge is 0.478 e. The summed E-state index contributed by atoms with van der Waals surface area (Å²) in [5.41, 5.74) is 2.43. The number of para-hydroxylation sites is 1. The number of carbonyl (C=O) groups is 1. The molecule has 3 aromatic rings. The van der Waals surface area contributed by atoms with E-state index in [4.69, 9.17) is 11.6 Å². The first kappa shape index (κ1) is 16.7. The molecule has 1 aromatic heterocycles. The number of nitrogens with zero attached hydrogens (tertiary/aromatic N) is 2. The minimum absolute atomic E-state index is 0.168. The molecule has 6 nitrogen and oxygen atoms in total. The van der Waals surface area contributed by atoms with Gasteiger partial charge in [-0.25, -0.2) is 9.78 Å². The summed E-state index contributed by atoms with van der Waals surface area (Å²) < 4.78 is 0. The van der Waals surface area contributed by atoms with E-state index >= 15 is 0 Å². The van der Waals surface area contributed by atoms with Crippen LogP contribution in [0.1, 0.15) is 15.9 Å². The summed E-state index contributed by atoms with van der Waals surface area (Å²) in [5, 5.41) is 16.0. The molecule has 0 unspecified atom stereocenters. The molecule has 0 atom stereocenters. The van der Waals surface area contributed by atoms with Gasteiger partial charge in [0.2, 0.25) is 5.95 Å². The van der Waals surface area contributed by atoms with Crippen LogP contribution in [0.2, 0.25) is 5.02 Å². The minimum Gasteiger partial charge on any atom is -0.478 e. The summed E-state index contributed by atoms with van der Waals surface area (Å²) in [6.07, 6.45) is 1.58. The number of aryl methyl sites for hydroxylation is 1. The summed E-state index contributed by atoms with van der Waals surface area (Å²) in [4.78, 5) is 19.8. The average Bonchev–Trinajstić information content (AvgIpc) is 2.59. The zero-order chi connectivity index (χ0) is 17.8. The average molecular weight is 355 g/mol. The van der Waals surface area contributed by atoms with Crippen molar-refractivity contribution in [3.05, 3.63) is 70.9 Å². The van der Waals surface area contributed by atoms with Crippen molar-refractivity contribution in [3.8, 4) is 0 Å². The first-order valence-electron chi connectivity index (χ1n) is 7.48. The number of anilines is 4. The van der Waals surface area contributed by atoms with Crippen LogP contribution in [0.25, 0.3) is 0 Å². The lowest BCUT2D eigenvalue weighted by atomic mass is 10.2. The van der Waals surface area contributed by atoms with E-state index in [0.29, 0.717) is 22.5 Å². The van der Waals surface area contributed by atoms with Gasteiger partial charge in [-0.05, 0) is 42.8 Å². The van der Waals surface area contributed by atoms with Crippen molar-refractivity contribution in [1.82, 2.24) is 9.97 Å². The summed E-state index contributed by atoms with van der Waals surface area (Å²) in [6, 6.07) is 13.8. The van der Waals surface area contributed by atoms with Crippen LogP contribution in [-0.2, 0) is 0 Å². The number of nitrogens with one attached hydrogen (secondary N) is 2. The van der Waals surface area contributed by atoms with Gasteiger partial charge >= 0.3 is 5.97 Å². The second-order valence-corrected chi connectivity index (χ2v) is 5.76. The molecule has 0 saturated heterocycles. The molecule has 0 aliphatic carbocycles. The lowest BCUT2D eigenvalue weighted by Gasteiger charge is -2.11. The molecule has 3 N–H and O–H groups in total. The van der Waals surface area contributed by atoms with E-state index < -0.39 is 5.97 Å². The molecule has 126 valence electrons. The van der Waals surface area contributed by atoms with Crippen molar-refractivity contribution < 1.29 is 9.90 Å². The van der Waals surface area contributed by atoms with Crippen molar-refractivity contribution in [3.63, 3.8) is 0 Å². The van der Waals surface area contributed by atoms with Gasteiger partial charge in [0.15, 0.2) is 0 Å². The van der Waals surface area contributed by atoms with Gasteiger partial charge in [0.05, 0.1) is 11.3 Å². The van der Waals surface area contributed by atoms with Crippen LogP contribution in [0.4, 0.5) is 23.1 Å². The number of rotatable bonds is 5. The van der Waals surface area contributed by atoms with E-state index in [9.17, 15) is 9.90 Å². The predicted octanol–water partition coefficient (Wildman–Crippen LogP) is 4.62. The van der Waals surface area contributed by atoms with Crippen LogP contribution in [0.3, 0.4) is 0 Å². The molecule has 0 spiro atoms. The maximum atomic E-state index is 11.3. The lowest BCUT2D eigenvalue weighted by molar-refractivity contribution is 0.0698. The van der Waals surface area contributed by atoms with Gasteiger partial charge in [0.25, 0.3) is 0 Å². The Hall–Kier alpha value is -3.12. The second-order valence-electron chi connectivity index (χ2n) is 5.33. The number of hydrogen-bond donors (Lipinski definition) is 3. The van der Waals surface area contributed by atoms with Crippen molar-refractivity contribution in [1.29, 1.82) is 0 Å². The third-order valence-corrected chi connectivity index (χ3v) is 3.76. The summed E-state index contributed by atoms with van der Waals surface area (Å²) in [6.45, 7) is 1.95. The number of aromatic nitrogens is 2. The van der Waals surface area contributed by atoms with Crippen LogP contribution < -0.4 is 10.6 Å². The topological polar surface area (TPSA) is 87.1 Å². The smallest absolute Gasteiger partial charge is 0.337 e. The monoisotopic (exact) mass is 354 g/mol. The number of benzene rings is 2. The number of halogens is 1. The van der Waals surface area contributed by atoms with Crippen LogP contribution in [0, 0.1) is 6.92 Å². The molecule has 0 saturated carbocycles. The Morgan fingerprint density at radius 1 is 1.08 bits per heavy atom. The lowest BCUT2D eigenvalue weighted by Crippen LogP contribution is -2.05. The molecule has 2 aromatic carbocycles. The van der Waals surface area contributed by atoms with Crippen LogP contribution >= 0.6 is 11.6 Å². The third-order valence-electron chi connectivity index (χ3n) is 3.52. The predicted molar refractivity (Wildman–Crippen MR) is 98.2 cm³/mol. The molecule has 0 amide bonds. The molecule has 7 heteroatoms. The normalized spacial score (nSPS) is 10.3. The first-order valence-corrected chi connectivity index (χ1v) is 7.86. The van der Waals surface area contributed by atoms with Crippen LogP contribution in [-0.4, -0.2) is 21.0 Å². The van der Waals surface area contributed by atoms with Gasteiger partial charge in [-0.15, -0.1) is 0 Å². The Kier molecular flexibility index (Phi) is 4.81. The molecule has 0 bridgehead atoms. The molecule has 0 radical (unpaired) electrons. The number of carboxylic acid groups (broad SMARTS) is 1. The molecular weight excluding hydrogens is 340 g/mol. The second kappa shape index (κ2) is 7.19. The third kappa shape index (κ3) is 4.05. The molecule has 0 aliphatic rings. The Morgan fingerprint density at radius 2 is 1.88 bits per heavy atom. The standard InChI is InChI=1S/C18H15ClN4O2/c1-11-6-7-12(19)10-15(11)22-18-20-9-8-16(23-18)21-14-5-3-2-4-13(14)17(24)25/h2-10H,1H3,(H,24,25)(H2,20,21,22,23). The number of aromatic carboxylic acids is 1. The highest BCUT2D eigenvalue weighted by molar-refractivity contribution is 6.30. The molecule has 0 fully saturated rings. The summed E-state index contributed by atoms with van der Waals surface area (Å²) in [5.74, 6) is -0.154.